The van der Waals surface area contributed by atoms with E-state index in [1.165, 1.54) is 97.0 Å². The van der Waals surface area contributed by atoms with Crippen LogP contribution >= 0.6 is 54.5 Å². The van der Waals surface area contributed by atoms with E-state index in [4.69, 9.17) is 62.2 Å². The van der Waals surface area contributed by atoms with E-state index in [1.54, 1.807) is 39.2 Å². The summed E-state index contributed by atoms with van der Waals surface area (Å²) in [6.07, 6.45) is 2.44. The summed E-state index contributed by atoms with van der Waals surface area (Å²) in [6, 6.07) is 16.7. The average Bonchev–Trinajstić information content (AvgIpc) is 1.81. The molecule has 0 fully saturated rings. The van der Waals surface area contributed by atoms with Gasteiger partial charge in [0.05, 0.1) is 43.3 Å². The Kier molecular flexibility index (Phi) is 23.1. The van der Waals surface area contributed by atoms with Gasteiger partial charge >= 0.3 is 0 Å². The van der Waals surface area contributed by atoms with Crippen molar-refractivity contribution < 1.29 is 64.9 Å². The van der Waals surface area contributed by atoms with Crippen molar-refractivity contribution in [1.82, 2.24) is 55.5 Å². The fourth-order valence-corrected chi connectivity index (χ4v) is 9.64. The number of carbonyl (C=O) groups is 5. The zero-order chi connectivity index (χ0) is 66.5. The minimum absolute atomic E-state index is 0.00915. The number of ether oxygens (including phenoxy) is 3. The van der Waals surface area contributed by atoms with Gasteiger partial charge in [0, 0.05) is 68.3 Å². The fraction of sp³-hybridized carbons (Fsp3) is 0.211. The molecule has 91 heavy (non-hydrogen) atoms. The summed E-state index contributed by atoms with van der Waals surface area (Å²) in [5, 5.41) is 13.5. The Bertz CT molecular complexity index is 4160. The summed E-state index contributed by atoms with van der Waals surface area (Å²) < 4.78 is 75.7. The van der Waals surface area contributed by atoms with Crippen LogP contribution in [0.5, 0.6) is 17.5 Å². The number of pyridine rings is 1. The predicted molar refractivity (Wildman–Crippen MR) is 334 cm³/mol. The monoisotopic (exact) mass is 1500 g/mol. The first-order valence-electron chi connectivity index (χ1n) is 26.4. The number of hydrogen-bond acceptors (Lipinski definition) is 23. The van der Waals surface area contributed by atoms with E-state index in [9.17, 15) is 37.1 Å². The number of amides is 5. The first kappa shape index (κ1) is 68.7. The van der Waals surface area contributed by atoms with Gasteiger partial charge in [0.1, 0.15) is 40.4 Å². The predicted octanol–water partition coefficient (Wildman–Crippen LogP) is 7.94. The molecule has 476 valence electrons. The number of fused-ring (bicyclic) bond motifs is 5. The van der Waals surface area contributed by atoms with Crippen LogP contribution in [0.25, 0.3) is 11.3 Å². The standard InChI is InChI=1S/C19H18BrFN6O4.C19H17FN6O4.C13H11BrFIN2O.C6H9N3O2/c1-9(30-18-16(22)24-7-15(20)25-18)13-5-10(21)3-4-12(13)19(29)27(2)8-11-6-14(17(23)28)26-31-11;1-8-11-5-9(20)3-4-10(11)19(28)26(2)7-13-14(15(17(22)27)25-30-13)12-6-23-16(21)18(24-12)29-8;1-7(10-5-9(15)2-3-11(10)16)19-12-4-8(14)6-18-13(12)17;1-8-3-4-2-5(6(7)10)9-11-4/h3-7,9H,8H2,1-2H3,(H2,22,24)(H2,23,28);3-6,8H,7H2,1-2H3,(H2,21,23)(H2,22,27);2-7H,1H3,(H2,17,18);2,8H,3H2,1H3,(H2,7,10)/t9-;8-;7-;/m111./s1. The summed E-state index contributed by atoms with van der Waals surface area (Å²) in [4.78, 5) is 82.7. The maximum atomic E-state index is 14.0. The number of benzene rings is 3. The van der Waals surface area contributed by atoms with E-state index < -0.39 is 53.4 Å². The highest BCUT2D eigenvalue weighted by Gasteiger charge is 2.30. The molecule has 5 amide bonds. The van der Waals surface area contributed by atoms with E-state index in [-0.39, 0.29) is 105 Å². The highest BCUT2D eigenvalue weighted by molar-refractivity contribution is 14.1. The largest absolute Gasteiger partial charge is 0.482 e. The second-order valence-corrected chi connectivity index (χ2v) is 22.3. The number of primary amides is 3. The normalized spacial score (nSPS) is 13.0. The van der Waals surface area contributed by atoms with Gasteiger partial charge in [0.15, 0.2) is 57.6 Å². The minimum Gasteiger partial charge on any atom is -0.482 e. The highest BCUT2D eigenvalue weighted by Crippen LogP contribution is 2.35. The maximum Gasteiger partial charge on any atom is 0.271 e. The molecular formula is C57H55Br2F3IN17O11. The molecule has 1 aliphatic rings. The van der Waals surface area contributed by atoms with Gasteiger partial charge < -0.3 is 77.3 Å². The molecular weight excluding hydrogens is 1440 g/mol. The Labute approximate surface area is 545 Å². The summed E-state index contributed by atoms with van der Waals surface area (Å²) in [7, 11) is 4.82. The number of nitrogens with zero attached hydrogens (tertiary/aromatic N) is 10. The van der Waals surface area contributed by atoms with Crippen LogP contribution in [0.1, 0.15) is 125 Å². The van der Waals surface area contributed by atoms with Crippen LogP contribution in [0.15, 0.2) is 114 Å². The average molecular weight is 1500 g/mol. The number of nitrogens with one attached hydrogen (secondary N) is 1. The van der Waals surface area contributed by atoms with Crippen molar-refractivity contribution in [2.24, 2.45) is 17.2 Å². The quantitative estimate of drug-likeness (QED) is 0.0508. The molecule has 2 bridgehead atoms. The molecule has 0 saturated heterocycles. The second kappa shape index (κ2) is 30.6. The molecule has 3 atom stereocenters. The number of anilines is 3. The van der Waals surface area contributed by atoms with Gasteiger partial charge in [-0.2, -0.15) is 0 Å². The van der Waals surface area contributed by atoms with Gasteiger partial charge in [-0.3, -0.25) is 24.0 Å². The zero-order valence-corrected chi connectivity index (χ0v) is 54.0. The lowest BCUT2D eigenvalue weighted by molar-refractivity contribution is 0.0760. The van der Waals surface area contributed by atoms with Crippen LogP contribution in [0, 0.1) is 21.0 Å². The molecule has 0 radical (unpaired) electrons. The number of carbonyl (C=O) groups excluding carboxylic acids is 5. The lowest BCUT2D eigenvalue weighted by Crippen LogP contribution is -2.28. The molecule has 9 aromatic rings. The molecule has 3 aromatic carbocycles. The minimum atomic E-state index is -0.837. The molecule has 1 aliphatic heterocycles. The molecule has 0 saturated carbocycles. The van der Waals surface area contributed by atoms with Gasteiger partial charge in [0.2, 0.25) is 0 Å². The number of aromatic nitrogens is 8. The number of hydrogen-bond donors (Lipinski definition) is 7. The lowest BCUT2D eigenvalue weighted by Gasteiger charge is -2.23. The van der Waals surface area contributed by atoms with E-state index in [0.717, 1.165) is 13.6 Å². The van der Waals surface area contributed by atoms with Gasteiger partial charge in [-0.1, -0.05) is 15.5 Å². The molecule has 10 rings (SSSR count). The summed E-state index contributed by atoms with van der Waals surface area (Å²) >= 11 is 8.64. The van der Waals surface area contributed by atoms with Gasteiger partial charge in [0.25, 0.3) is 41.3 Å². The van der Waals surface area contributed by atoms with Crippen molar-refractivity contribution in [3.8, 4) is 28.8 Å². The maximum absolute atomic E-state index is 14.0. The summed E-state index contributed by atoms with van der Waals surface area (Å²) in [5.41, 5.74) is 35.0. The Hall–Kier alpha value is -9.81. The molecule has 7 heterocycles. The first-order chi connectivity index (χ1) is 43.1. The number of nitrogens with two attached hydrogens (primary N) is 6. The molecule has 6 aromatic heterocycles. The van der Waals surface area contributed by atoms with E-state index in [1.807, 2.05) is 6.92 Å². The van der Waals surface area contributed by atoms with Crippen LogP contribution in [-0.2, 0) is 19.6 Å². The topological polar surface area (TPSA) is 430 Å². The summed E-state index contributed by atoms with van der Waals surface area (Å²) in [6.45, 7) is 5.60. The Morgan fingerprint density at radius 2 is 1.36 bits per heavy atom. The Morgan fingerprint density at radius 3 is 2.02 bits per heavy atom. The number of rotatable bonds is 14. The van der Waals surface area contributed by atoms with Crippen LogP contribution in [0.3, 0.4) is 0 Å². The van der Waals surface area contributed by atoms with Crippen LogP contribution in [-0.4, -0.2) is 101 Å². The Morgan fingerprint density at radius 1 is 0.758 bits per heavy atom. The van der Waals surface area contributed by atoms with Gasteiger partial charge in [-0.25, -0.2) is 38.1 Å². The van der Waals surface area contributed by atoms with Crippen molar-refractivity contribution in [1.29, 1.82) is 0 Å². The van der Waals surface area contributed by atoms with Crippen LogP contribution < -0.4 is 53.9 Å². The Balaban J connectivity index is 0.000000183. The highest BCUT2D eigenvalue weighted by atomic mass is 127. The molecule has 13 N–H and O–H groups in total. The number of halogens is 6. The second-order valence-electron chi connectivity index (χ2n) is 19.4. The fourth-order valence-electron chi connectivity index (χ4n) is 8.29. The third-order valence-corrected chi connectivity index (χ3v) is 14.5. The van der Waals surface area contributed by atoms with Crippen molar-refractivity contribution in [2.75, 3.05) is 38.3 Å². The molecule has 0 unspecified atom stereocenters. The molecule has 28 nitrogen and oxygen atoms in total. The zero-order valence-electron chi connectivity index (χ0n) is 48.7. The first-order valence-corrected chi connectivity index (χ1v) is 29.1. The third kappa shape index (κ3) is 17.8. The number of nitrogen functional groups attached to an aromatic ring is 3. The third-order valence-electron chi connectivity index (χ3n) is 12.7. The smallest absolute Gasteiger partial charge is 0.271 e. The molecule has 0 spiro atoms. The van der Waals surface area contributed by atoms with Crippen molar-refractivity contribution in [2.45, 2.75) is 58.7 Å². The van der Waals surface area contributed by atoms with Crippen LogP contribution in [0.2, 0.25) is 0 Å². The van der Waals surface area contributed by atoms with E-state index in [2.05, 4.69) is 100 Å². The van der Waals surface area contributed by atoms with Crippen molar-refractivity contribution in [3.63, 3.8) is 0 Å². The van der Waals surface area contributed by atoms with Crippen molar-refractivity contribution in [3.05, 3.63) is 184 Å². The van der Waals surface area contributed by atoms with Gasteiger partial charge in [-0.15, -0.1) is 0 Å². The van der Waals surface area contributed by atoms with E-state index in [0.29, 0.717) is 34.0 Å². The van der Waals surface area contributed by atoms with Crippen LogP contribution in [0.4, 0.5) is 30.6 Å². The van der Waals surface area contributed by atoms with Gasteiger partial charge in [-0.05, 0) is 143 Å². The molecule has 0 aliphatic carbocycles. The van der Waals surface area contributed by atoms with E-state index >= 15 is 0 Å². The molecule has 34 heteroatoms. The lowest BCUT2D eigenvalue weighted by atomic mass is 10.0. The summed E-state index contributed by atoms with van der Waals surface area (Å²) in [5.74, 6) is -2.54. The van der Waals surface area contributed by atoms with Crippen molar-refractivity contribution >= 4 is 101 Å². The SMILES string of the molecule is CNCc1cc(C(N)=O)no1.C[C@@H](Oc1cc(Br)cnc1N)c1cc(F)ccc1I.C[C@@H](Oc1nc(Br)cnc1N)c1cc(F)ccc1C(=O)N(C)Cc1cc(C(N)=O)no1.C[C@H]1Oc2nc(cnc2N)-c2c(C(N)=O)noc2CN(C)C(=O)c2ccc(F)cc21.